The molecule has 0 radical (unpaired) electrons. The monoisotopic (exact) mass is 292 g/mol. The Morgan fingerprint density at radius 1 is 1.33 bits per heavy atom. The van der Waals surface area contributed by atoms with E-state index in [1.165, 1.54) is 6.92 Å². The Labute approximate surface area is 125 Å². The van der Waals surface area contributed by atoms with Crippen LogP contribution in [-0.4, -0.2) is 30.4 Å². The molecule has 3 N–H and O–H groups in total. The van der Waals surface area contributed by atoms with Crippen LogP contribution in [0.3, 0.4) is 0 Å². The maximum atomic E-state index is 11.7. The third kappa shape index (κ3) is 6.40. The fraction of sp³-hybridized carbons (Fsp3) is 0.500. The van der Waals surface area contributed by atoms with E-state index in [9.17, 15) is 9.59 Å². The zero-order valence-electron chi connectivity index (χ0n) is 12.9. The number of Topliss-reactive ketones (excluding diaryl/α,β-unsaturated/α-hetero) is 1. The SMILES string of the molecule is CC(=O)c1cccc(OCCCC(=O)NC(C)(C)CN)c1. The second kappa shape index (κ2) is 7.78. The summed E-state index contributed by atoms with van der Waals surface area (Å²) in [6.45, 7) is 6.11. The molecule has 5 heteroatoms. The highest BCUT2D eigenvalue weighted by Gasteiger charge is 2.17. The molecule has 1 aromatic carbocycles. The molecule has 0 aromatic heterocycles. The van der Waals surface area contributed by atoms with Crippen LogP contribution in [0, 0.1) is 0 Å². The Kier molecular flexibility index (Phi) is 6.37. The van der Waals surface area contributed by atoms with Gasteiger partial charge in [0.2, 0.25) is 5.91 Å². The van der Waals surface area contributed by atoms with E-state index in [0.717, 1.165) is 0 Å². The van der Waals surface area contributed by atoms with Crippen LogP contribution in [0.25, 0.3) is 0 Å². The molecule has 0 spiro atoms. The van der Waals surface area contributed by atoms with Gasteiger partial charge in [-0.1, -0.05) is 12.1 Å². The molecule has 0 aliphatic heterocycles. The van der Waals surface area contributed by atoms with E-state index < -0.39 is 0 Å². The first-order chi connectivity index (χ1) is 9.84. The minimum absolute atomic E-state index is 0.00356. The number of nitrogens with two attached hydrogens (primary N) is 1. The summed E-state index contributed by atoms with van der Waals surface area (Å²) in [5.41, 5.74) is 5.80. The summed E-state index contributed by atoms with van der Waals surface area (Å²) in [7, 11) is 0. The van der Waals surface area contributed by atoms with E-state index in [4.69, 9.17) is 10.5 Å². The van der Waals surface area contributed by atoms with Gasteiger partial charge in [-0.3, -0.25) is 9.59 Å². The Balaban J connectivity index is 2.33. The highest BCUT2D eigenvalue weighted by molar-refractivity contribution is 5.94. The lowest BCUT2D eigenvalue weighted by molar-refractivity contribution is -0.122. The molecule has 1 aromatic rings. The Morgan fingerprint density at radius 3 is 2.67 bits per heavy atom. The zero-order valence-corrected chi connectivity index (χ0v) is 12.9. The topological polar surface area (TPSA) is 81.4 Å². The van der Waals surface area contributed by atoms with Crippen molar-refractivity contribution in [1.29, 1.82) is 0 Å². The summed E-state index contributed by atoms with van der Waals surface area (Å²) in [5, 5.41) is 2.86. The van der Waals surface area contributed by atoms with E-state index in [2.05, 4.69) is 5.32 Å². The maximum Gasteiger partial charge on any atom is 0.220 e. The van der Waals surface area contributed by atoms with Gasteiger partial charge in [-0.2, -0.15) is 0 Å². The quantitative estimate of drug-likeness (QED) is 0.566. The number of ketones is 1. The predicted molar refractivity (Wildman–Crippen MR) is 82.5 cm³/mol. The van der Waals surface area contributed by atoms with Gasteiger partial charge in [-0.05, 0) is 39.3 Å². The molecular weight excluding hydrogens is 268 g/mol. The minimum atomic E-state index is -0.381. The molecule has 0 aliphatic rings. The lowest BCUT2D eigenvalue weighted by Crippen LogP contribution is -2.48. The molecule has 21 heavy (non-hydrogen) atoms. The smallest absolute Gasteiger partial charge is 0.220 e. The van der Waals surface area contributed by atoms with Crippen molar-refractivity contribution in [3.8, 4) is 5.75 Å². The average Bonchev–Trinajstić information content (AvgIpc) is 2.43. The van der Waals surface area contributed by atoms with Crippen LogP contribution in [0.15, 0.2) is 24.3 Å². The molecular formula is C16H24N2O3. The van der Waals surface area contributed by atoms with Crippen molar-refractivity contribution in [3.05, 3.63) is 29.8 Å². The number of hydrogen-bond acceptors (Lipinski definition) is 4. The van der Waals surface area contributed by atoms with Crippen molar-refractivity contribution in [1.82, 2.24) is 5.32 Å². The zero-order chi connectivity index (χ0) is 15.9. The van der Waals surface area contributed by atoms with Gasteiger partial charge in [-0.25, -0.2) is 0 Å². The number of carbonyl (C=O) groups is 2. The van der Waals surface area contributed by atoms with E-state index in [-0.39, 0.29) is 17.2 Å². The van der Waals surface area contributed by atoms with Crippen LogP contribution < -0.4 is 15.8 Å². The average molecular weight is 292 g/mol. The number of carbonyl (C=O) groups excluding carboxylic acids is 2. The van der Waals surface area contributed by atoms with Crippen LogP contribution in [0.4, 0.5) is 0 Å². The standard InChI is InChI=1S/C16H24N2O3/c1-12(19)13-6-4-7-14(10-13)21-9-5-8-15(20)18-16(2,3)11-17/h4,6-7,10H,5,8-9,11,17H2,1-3H3,(H,18,20). The third-order valence-corrected chi connectivity index (χ3v) is 3.05. The molecule has 0 saturated heterocycles. The lowest BCUT2D eigenvalue weighted by atomic mass is 10.1. The van der Waals surface area contributed by atoms with Crippen LogP contribution in [0.5, 0.6) is 5.75 Å². The molecule has 0 saturated carbocycles. The molecule has 0 bridgehead atoms. The van der Waals surface area contributed by atoms with E-state index >= 15 is 0 Å². The summed E-state index contributed by atoms with van der Waals surface area (Å²) in [6, 6.07) is 7.03. The number of hydrogen-bond donors (Lipinski definition) is 2. The first-order valence-corrected chi connectivity index (χ1v) is 7.09. The number of ether oxygens (including phenoxy) is 1. The van der Waals surface area contributed by atoms with E-state index in [1.807, 2.05) is 13.8 Å². The normalized spacial score (nSPS) is 11.0. The van der Waals surface area contributed by atoms with Crippen molar-refractivity contribution in [2.24, 2.45) is 5.73 Å². The van der Waals surface area contributed by atoms with Crippen LogP contribution in [-0.2, 0) is 4.79 Å². The molecule has 0 fully saturated rings. The van der Waals surface area contributed by atoms with E-state index in [1.54, 1.807) is 24.3 Å². The highest BCUT2D eigenvalue weighted by atomic mass is 16.5. The second-order valence-electron chi connectivity index (χ2n) is 5.67. The number of benzene rings is 1. The van der Waals surface area contributed by atoms with Crippen molar-refractivity contribution < 1.29 is 14.3 Å². The van der Waals surface area contributed by atoms with E-state index in [0.29, 0.717) is 37.3 Å². The van der Waals surface area contributed by atoms with Gasteiger partial charge >= 0.3 is 0 Å². The number of amides is 1. The molecule has 0 aliphatic carbocycles. The van der Waals surface area contributed by atoms with Gasteiger partial charge < -0.3 is 15.8 Å². The van der Waals surface area contributed by atoms with Gasteiger partial charge in [0.25, 0.3) is 0 Å². The van der Waals surface area contributed by atoms with Gasteiger partial charge in [-0.15, -0.1) is 0 Å². The lowest BCUT2D eigenvalue weighted by Gasteiger charge is -2.24. The van der Waals surface area contributed by atoms with Gasteiger partial charge in [0, 0.05) is 24.1 Å². The van der Waals surface area contributed by atoms with Crippen molar-refractivity contribution >= 4 is 11.7 Å². The first kappa shape index (κ1) is 17.2. The first-order valence-electron chi connectivity index (χ1n) is 7.09. The largest absolute Gasteiger partial charge is 0.494 e. The summed E-state index contributed by atoms with van der Waals surface area (Å²) in [5.74, 6) is 0.612. The van der Waals surface area contributed by atoms with Crippen molar-refractivity contribution in [3.63, 3.8) is 0 Å². The summed E-state index contributed by atoms with van der Waals surface area (Å²) in [4.78, 5) is 23.0. The molecule has 5 nitrogen and oxygen atoms in total. The van der Waals surface area contributed by atoms with Crippen LogP contribution in [0.2, 0.25) is 0 Å². The molecule has 0 heterocycles. The highest BCUT2D eigenvalue weighted by Crippen LogP contribution is 2.14. The Morgan fingerprint density at radius 2 is 2.05 bits per heavy atom. The molecule has 0 unspecified atom stereocenters. The maximum absolute atomic E-state index is 11.7. The fourth-order valence-corrected chi connectivity index (χ4v) is 1.72. The van der Waals surface area contributed by atoms with Crippen molar-refractivity contribution in [2.45, 2.75) is 39.2 Å². The Hall–Kier alpha value is -1.88. The van der Waals surface area contributed by atoms with Crippen LogP contribution in [0.1, 0.15) is 44.0 Å². The molecule has 1 rings (SSSR count). The summed E-state index contributed by atoms with van der Waals surface area (Å²) < 4.78 is 5.55. The van der Waals surface area contributed by atoms with Gasteiger partial charge in [0.05, 0.1) is 6.61 Å². The second-order valence-corrected chi connectivity index (χ2v) is 5.67. The summed E-state index contributed by atoms with van der Waals surface area (Å²) in [6.07, 6.45) is 0.993. The third-order valence-electron chi connectivity index (χ3n) is 3.05. The number of rotatable bonds is 8. The summed E-state index contributed by atoms with van der Waals surface area (Å²) >= 11 is 0. The minimum Gasteiger partial charge on any atom is -0.494 e. The predicted octanol–water partition coefficient (Wildman–Crippen LogP) is 1.90. The molecule has 116 valence electrons. The van der Waals surface area contributed by atoms with Gasteiger partial charge in [0.1, 0.15) is 5.75 Å². The van der Waals surface area contributed by atoms with Gasteiger partial charge in [0.15, 0.2) is 5.78 Å². The molecule has 1 amide bonds. The Bertz CT molecular complexity index is 498. The number of nitrogens with one attached hydrogen (secondary N) is 1. The van der Waals surface area contributed by atoms with Crippen molar-refractivity contribution in [2.75, 3.05) is 13.2 Å². The fourth-order valence-electron chi connectivity index (χ4n) is 1.72. The van der Waals surface area contributed by atoms with Crippen LogP contribution >= 0.6 is 0 Å². The molecule has 0 atom stereocenters.